The van der Waals surface area contributed by atoms with E-state index in [1.807, 2.05) is 19.2 Å². The number of phenols is 1. The molecule has 3 aliphatic carbocycles. The monoisotopic (exact) mass is 423 g/mol. The first-order valence-corrected chi connectivity index (χ1v) is 11.8. The number of hydrogen-bond acceptors (Lipinski definition) is 6. The third kappa shape index (κ3) is 4.41. The van der Waals surface area contributed by atoms with Gasteiger partial charge in [-0.1, -0.05) is 25.3 Å². The fourth-order valence-corrected chi connectivity index (χ4v) is 4.83. The van der Waals surface area contributed by atoms with Gasteiger partial charge in [0.2, 0.25) is 0 Å². The highest BCUT2D eigenvalue weighted by atomic mass is 16.5. The second-order valence-electron chi connectivity index (χ2n) is 9.60. The molecule has 6 rings (SSSR count). The maximum Gasteiger partial charge on any atom is 0.154 e. The number of rotatable bonds is 3. The minimum atomic E-state index is -0.000628. The van der Waals surface area contributed by atoms with E-state index in [1.54, 1.807) is 0 Å². The molecule has 0 bridgehead atoms. The van der Waals surface area contributed by atoms with Crippen LogP contribution < -0.4 is 5.32 Å². The number of aromatic nitrogens is 2. The van der Waals surface area contributed by atoms with E-state index in [9.17, 15) is 5.11 Å². The van der Waals surface area contributed by atoms with Crippen LogP contribution in [0.15, 0.2) is 18.2 Å². The van der Waals surface area contributed by atoms with Gasteiger partial charge in [-0.05, 0) is 67.7 Å². The summed E-state index contributed by atoms with van der Waals surface area (Å²) < 4.78 is 6.06. The van der Waals surface area contributed by atoms with Crippen LogP contribution >= 0.6 is 0 Å². The molecule has 0 atom stereocenters. The van der Waals surface area contributed by atoms with Gasteiger partial charge in [-0.15, -0.1) is 10.2 Å². The van der Waals surface area contributed by atoms with Gasteiger partial charge in [-0.3, -0.25) is 0 Å². The molecule has 6 heteroatoms. The zero-order valence-electron chi connectivity index (χ0n) is 18.4. The van der Waals surface area contributed by atoms with Gasteiger partial charge in [0.1, 0.15) is 11.4 Å². The minimum absolute atomic E-state index is 0.000628. The van der Waals surface area contributed by atoms with E-state index in [0.717, 1.165) is 54.7 Å². The molecule has 1 aliphatic heterocycles. The molecule has 4 aliphatic rings. The first kappa shape index (κ1) is 20.7. The molecule has 1 spiro atoms. The van der Waals surface area contributed by atoms with Crippen LogP contribution in [-0.4, -0.2) is 39.2 Å². The maximum absolute atomic E-state index is 10.6. The summed E-state index contributed by atoms with van der Waals surface area (Å²) in [4.78, 5) is 0. The van der Waals surface area contributed by atoms with Crippen LogP contribution in [0.5, 0.6) is 5.75 Å². The number of aromatic hydroxyl groups is 1. The van der Waals surface area contributed by atoms with Crippen molar-refractivity contribution >= 4 is 5.82 Å². The van der Waals surface area contributed by atoms with Crippen molar-refractivity contribution in [2.24, 2.45) is 0 Å². The number of aliphatic hydroxyl groups is 1. The number of anilines is 1. The second kappa shape index (κ2) is 8.40. The predicted molar refractivity (Wildman–Crippen MR) is 120 cm³/mol. The van der Waals surface area contributed by atoms with E-state index in [4.69, 9.17) is 9.84 Å². The van der Waals surface area contributed by atoms with Gasteiger partial charge in [0.15, 0.2) is 5.82 Å². The van der Waals surface area contributed by atoms with Gasteiger partial charge in [0.05, 0.1) is 18.3 Å². The normalized spacial score (nSPS) is 21.7. The lowest BCUT2D eigenvalue weighted by Gasteiger charge is -2.27. The lowest BCUT2D eigenvalue weighted by atomic mass is 9.92. The Balaban J connectivity index is 0.000000250. The summed E-state index contributed by atoms with van der Waals surface area (Å²) in [6.45, 7) is 0.564. The number of hydrogen-bond donors (Lipinski definition) is 3. The summed E-state index contributed by atoms with van der Waals surface area (Å²) in [5, 5.41) is 31.4. The molecule has 3 saturated carbocycles. The summed E-state index contributed by atoms with van der Waals surface area (Å²) in [5.74, 6) is 1.71. The molecule has 166 valence electrons. The van der Waals surface area contributed by atoms with Gasteiger partial charge < -0.3 is 20.3 Å². The minimum Gasteiger partial charge on any atom is -0.507 e. The highest BCUT2D eigenvalue weighted by molar-refractivity contribution is 5.73. The Kier molecular flexibility index (Phi) is 5.61. The molecule has 0 saturated heterocycles. The molecule has 3 fully saturated rings. The van der Waals surface area contributed by atoms with Crippen LogP contribution in [0, 0.1) is 0 Å². The van der Waals surface area contributed by atoms with Gasteiger partial charge in [-0.2, -0.15) is 0 Å². The van der Waals surface area contributed by atoms with Crippen molar-refractivity contribution in [2.45, 2.75) is 88.4 Å². The molecule has 0 amide bonds. The Morgan fingerprint density at radius 1 is 1.03 bits per heavy atom. The van der Waals surface area contributed by atoms with E-state index >= 15 is 0 Å². The number of fused-ring (bicyclic) bond motifs is 1. The molecule has 0 radical (unpaired) electrons. The summed E-state index contributed by atoms with van der Waals surface area (Å²) in [6.07, 6.45) is 11.4. The van der Waals surface area contributed by atoms with Crippen LogP contribution in [-0.2, 0) is 17.8 Å². The SMILES string of the molecule is CNc1nnc(-c2ccc(C3CC3)cc2O)c2c1COC1(CC1)C2.OC1CCCCC1. The van der Waals surface area contributed by atoms with Gasteiger partial charge in [-0.25, -0.2) is 0 Å². The Labute approximate surface area is 184 Å². The predicted octanol–water partition coefficient (Wildman–Crippen LogP) is 4.69. The van der Waals surface area contributed by atoms with Gasteiger partial charge in [0.25, 0.3) is 0 Å². The summed E-state index contributed by atoms with van der Waals surface area (Å²) in [7, 11) is 1.85. The lowest BCUT2D eigenvalue weighted by molar-refractivity contribution is 0.00835. The van der Waals surface area contributed by atoms with E-state index in [-0.39, 0.29) is 11.7 Å². The quantitative estimate of drug-likeness (QED) is 0.664. The van der Waals surface area contributed by atoms with Gasteiger partial charge >= 0.3 is 0 Å². The maximum atomic E-state index is 10.6. The lowest BCUT2D eigenvalue weighted by Crippen LogP contribution is -2.26. The topological polar surface area (TPSA) is 87.5 Å². The third-order valence-electron chi connectivity index (χ3n) is 7.15. The Hall–Kier alpha value is -2.18. The van der Waals surface area contributed by atoms with E-state index in [1.165, 1.54) is 43.2 Å². The number of nitrogens with zero attached hydrogens (tertiary/aromatic N) is 2. The van der Waals surface area contributed by atoms with Crippen molar-refractivity contribution in [3.8, 4) is 17.0 Å². The summed E-state index contributed by atoms with van der Waals surface area (Å²) in [5.41, 5.74) is 5.06. The smallest absolute Gasteiger partial charge is 0.154 e. The van der Waals surface area contributed by atoms with Crippen molar-refractivity contribution in [1.82, 2.24) is 10.2 Å². The Bertz CT molecular complexity index is 947. The molecule has 6 nitrogen and oxygen atoms in total. The molecule has 0 unspecified atom stereocenters. The fourth-order valence-electron chi connectivity index (χ4n) is 4.83. The molecule has 3 N–H and O–H groups in total. The van der Waals surface area contributed by atoms with Crippen LogP contribution in [0.4, 0.5) is 5.82 Å². The molecule has 2 heterocycles. The largest absolute Gasteiger partial charge is 0.507 e. The van der Waals surface area contributed by atoms with E-state index < -0.39 is 0 Å². The van der Waals surface area contributed by atoms with Crippen LogP contribution in [0.3, 0.4) is 0 Å². The average molecular weight is 424 g/mol. The van der Waals surface area contributed by atoms with E-state index in [0.29, 0.717) is 18.3 Å². The summed E-state index contributed by atoms with van der Waals surface area (Å²) >= 11 is 0. The molecule has 1 aromatic carbocycles. The van der Waals surface area contributed by atoms with E-state index in [2.05, 4.69) is 21.6 Å². The second-order valence-corrected chi connectivity index (χ2v) is 9.60. The molecule has 31 heavy (non-hydrogen) atoms. The first-order chi connectivity index (χ1) is 15.1. The number of nitrogens with one attached hydrogen (secondary N) is 1. The summed E-state index contributed by atoms with van der Waals surface area (Å²) in [6, 6.07) is 6.03. The standard InChI is InChI=1S/C19H21N3O2.C6H12O/c1-20-18-15-10-24-19(6-7-19)9-14(15)17(21-22-18)13-5-4-12(8-16(13)23)11-2-3-11;7-6-4-2-1-3-5-6/h4-5,8,11,23H,2-3,6-7,9-10H2,1H3,(H,20,22);6-7H,1-5H2. The van der Waals surface area contributed by atoms with Crippen LogP contribution in [0.1, 0.15) is 80.4 Å². The van der Waals surface area contributed by atoms with Crippen molar-refractivity contribution < 1.29 is 14.9 Å². The number of phenolic OH excluding ortho intramolecular Hbond substituents is 1. The fraction of sp³-hybridized carbons (Fsp3) is 0.600. The van der Waals surface area contributed by atoms with Crippen molar-refractivity contribution in [2.75, 3.05) is 12.4 Å². The molecular weight excluding hydrogens is 390 g/mol. The molecule has 1 aromatic heterocycles. The average Bonchev–Trinajstić information content (AvgIpc) is 3.71. The molecule has 2 aromatic rings. The van der Waals surface area contributed by atoms with Gasteiger partial charge in [0, 0.05) is 24.6 Å². The zero-order valence-corrected chi connectivity index (χ0v) is 18.4. The van der Waals surface area contributed by atoms with Crippen LogP contribution in [0.25, 0.3) is 11.3 Å². The number of aliphatic hydroxyl groups excluding tert-OH is 1. The van der Waals surface area contributed by atoms with Crippen molar-refractivity contribution in [3.63, 3.8) is 0 Å². The first-order valence-electron chi connectivity index (χ1n) is 11.8. The number of ether oxygens (including phenoxy) is 1. The Morgan fingerprint density at radius 3 is 2.39 bits per heavy atom. The highest BCUT2D eigenvalue weighted by Crippen LogP contribution is 2.50. The zero-order chi connectivity index (χ0) is 21.4. The highest BCUT2D eigenvalue weighted by Gasteiger charge is 2.48. The van der Waals surface area contributed by atoms with Crippen LogP contribution in [0.2, 0.25) is 0 Å². The van der Waals surface area contributed by atoms with Crippen molar-refractivity contribution in [1.29, 1.82) is 0 Å². The molecular formula is C25H33N3O3. The number of benzene rings is 1. The third-order valence-corrected chi connectivity index (χ3v) is 7.15. The Morgan fingerprint density at radius 2 is 1.81 bits per heavy atom. The van der Waals surface area contributed by atoms with Crippen molar-refractivity contribution in [3.05, 3.63) is 34.9 Å².